The number of hydrogen-bond donors (Lipinski definition) is 2. The van der Waals surface area contributed by atoms with Crippen LogP contribution in [0.4, 0.5) is 0 Å². The SMILES string of the molecule is O=C(CSCc1nc2sc3c(c2c(=O)[nH]1)CCC3)NCCSc1ccccc1. The number of rotatable bonds is 8. The summed E-state index contributed by atoms with van der Waals surface area (Å²) in [7, 11) is 0. The molecule has 2 aromatic heterocycles. The highest BCUT2D eigenvalue weighted by Gasteiger charge is 2.21. The number of nitrogens with one attached hydrogen (secondary N) is 2. The standard InChI is InChI=1S/C20H21N3O2S3/c24-17(21-9-10-27-13-5-2-1-3-6-13)12-26-11-16-22-19(25)18-14-7-4-8-15(14)28-20(18)23-16/h1-3,5-6H,4,7-12H2,(H,21,24)(H,22,23,25). The highest BCUT2D eigenvalue weighted by atomic mass is 32.2. The van der Waals surface area contributed by atoms with Crippen LogP contribution in [0.5, 0.6) is 0 Å². The summed E-state index contributed by atoms with van der Waals surface area (Å²) in [5, 5.41) is 3.71. The summed E-state index contributed by atoms with van der Waals surface area (Å²) in [6.07, 6.45) is 3.17. The van der Waals surface area contributed by atoms with E-state index in [4.69, 9.17) is 0 Å². The molecule has 146 valence electrons. The maximum Gasteiger partial charge on any atom is 0.259 e. The normalized spacial score (nSPS) is 13.0. The van der Waals surface area contributed by atoms with Crippen molar-refractivity contribution in [2.75, 3.05) is 18.1 Å². The third kappa shape index (κ3) is 4.61. The van der Waals surface area contributed by atoms with E-state index in [0.717, 1.165) is 35.2 Å². The van der Waals surface area contributed by atoms with E-state index in [1.54, 1.807) is 23.1 Å². The molecule has 0 bridgehead atoms. The van der Waals surface area contributed by atoms with Gasteiger partial charge in [-0.2, -0.15) is 0 Å². The first kappa shape index (κ1) is 19.5. The number of nitrogens with zero attached hydrogens (tertiary/aromatic N) is 1. The number of benzene rings is 1. The predicted octanol–water partition coefficient (Wildman–Crippen LogP) is 3.62. The molecule has 4 rings (SSSR count). The summed E-state index contributed by atoms with van der Waals surface area (Å²) in [5.74, 6) is 2.39. The lowest BCUT2D eigenvalue weighted by Crippen LogP contribution is -2.27. The van der Waals surface area contributed by atoms with Crippen LogP contribution in [-0.4, -0.2) is 33.9 Å². The van der Waals surface area contributed by atoms with E-state index in [0.29, 0.717) is 23.9 Å². The maximum absolute atomic E-state index is 12.4. The molecule has 0 saturated heterocycles. The number of H-pyrrole nitrogens is 1. The Morgan fingerprint density at radius 3 is 2.96 bits per heavy atom. The molecule has 28 heavy (non-hydrogen) atoms. The molecule has 2 N–H and O–H groups in total. The molecule has 8 heteroatoms. The van der Waals surface area contributed by atoms with Crippen LogP contribution in [-0.2, 0) is 23.4 Å². The molecule has 1 aliphatic carbocycles. The monoisotopic (exact) mass is 431 g/mol. The van der Waals surface area contributed by atoms with Crippen LogP contribution in [0.25, 0.3) is 10.2 Å². The van der Waals surface area contributed by atoms with Gasteiger partial charge in [0.05, 0.1) is 16.9 Å². The van der Waals surface area contributed by atoms with Crippen molar-refractivity contribution in [2.24, 2.45) is 0 Å². The van der Waals surface area contributed by atoms with Crippen LogP contribution in [0, 0.1) is 0 Å². The molecule has 0 aliphatic heterocycles. The Bertz CT molecular complexity index is 1030. The molecule has 1 aliphatic rings. The summed E-state index contributed by atoms with van der Waals surface area (Å²) in [5.41, 5.74) is 1.16. The summed E-state index contributed by atoms with van der Waals surface area (Å²) >= 11 is 4.84. The van der Waals surface area contributed by atoms with Crippen LogP contribution in [0.15, 0.2) is 40.0 Å². The van der Waals surface area contributed by atoms with Crippen molar-refractivity contribution in [3.8, 4) is 0 Å². The van der Waals surface area contributed by atoms with Gasteiger partial charge in [-0.15, -0.1) is 34.9 Å². The Morgan fingerprint density at radius 1 is 1.25 bits per heavy atom. The molecule has 1 amide bonds. The van der Waals surface area contributed by atoms with Crippen molar-refractivity contribution in [1.82, 2.24) is 15.3 Å². The Balaban J connectivity index is 1.22. The van der Waals surface area contributed by atoms with E-state index in [-0.39, 0.29) is 11.5 Å². The second kappa shape index (κ2) is 9.15. The van der Waals surface area contributed by atoms with Gasteiger partial charge in [-0.1, -0.05) is 18.2 Å². The smallest absolute Gasteiger partial charge is 0.259 e. The van der Waals surface area contributed by atoms with Gasteiger partial charge in [-0.05, 0) is 37.0 Å². The maximum atomic E-state index is 12.4. The van der Waals surface area contributed by atoms with Crippen LogP contribution in [0.2, 0.25) is 0 Å². The number of hydrogen-bond acceptors (Lipinski definition) is 6. The van der Waals surface area contributed by atoms with Crippen molar-refractivity contribution in [3.05, 3.63) is 57.0 Å². The fourth-order valence-electron chi connectivity index (χ4n) is 3.28. The quantitative estimate of drug-likeness (QED) is 0.421. The average Bonchev–Trinajstić information content (AvgIpc) is 3.27. The number of aromatic amines is 1. The lowest BCUT2D eigenvalue weighted by atomic mass is 10.2. The lowest BCUT2D eigenvalue weighted by Gasteiger charge is -2.05. The van der Waals surface area contributed by atoms with E-state index in [1.165, 1.54) is 27.1 Å². The number of carbonyl (C=O) groups is 1. The Morgan fingerprint density at radius 2 is 2.11 bits per heavy atom. The van der Waals surface area contributed by atoms with Gasteiger partial charge < -0.3 is 10.3 Å². The first-order valence-corrected chi connectivity index (χ1v) is 12.2. The number of aryl methyl sites for hydroxylation is 2. The minimum absolute atomic E-state index is 0.0113. The van der Waals surface area contributed by atoms with Gasteiger partial charge in [-0.25, -0.2) is 4.98 Å². The molecule has 0 saturated carbocycles. The van der Waals surface area contributed by atoms with Gasteiger partial charge in [0.25, 0.3) is 5.56 Å². The number of carbonyl (C=O) groups excluding carboxylic acids is 1. The van der Waals surface area contributed by atoms with Crippen molar-refractivity contribution < 1.29 is 4.79 Å². The minimum Gasteiger partial charge on any atom is -0.355 e. The van der Waals surface area contributed by atoms with E-state index in [1.807, 2.05) is 18.2 Å². The van der Waals surface area contributed by atoms with Gasteiger partial charge in [-0.3, -0.25) is 9.59 Å². The van der Waals surface area contributed by atoms with Gasteiger partial charge in [0.1, 0.15) is 10.7 Å². The Kier molecular flexibility index (Phi) is 6.39. The molecule has 0 spiro atoms. The summed E-state index contributed by atoms with van der Waals surface area (Å²) < 4.78 is 0. The zero-order valence-corrected chi connectivity index (χ0v) is 17.8. The number of thioether (sulfide) groups is 2. The molecule has 3 aromatic rings. The largest absolute Gasteiger partial charge is 0.355 e. The molecule has 0 fully saturated rings. The van der Waals surface area contributed by atoms with Gasteiger partial charge >= 0.3 is 0 Å². The molecule has 0 unspecified atom stereocenters. The van der Waals surface area contributed by atoms with E-state index >= 15 is 0 Å². The van der Waals surface area contributed by atoms with E-state index in [9.17, 15) is 9.59 Å². The topological polar surface area (TPSA) is 74.8 Å². The number of aromatic nitrogens is 2. The number of amides is 1. The number of fused-ring (bicyclic) bond motifs is 3. The molecule has 1 aromatic carbocycles. The molecular formula is C20H21N3O2S3. The third-order valence-corrected chi connectivity index (χ3v) is 7.68. The van der Waals surface area contributed by atoms with Crippen molar-refractivity contribution in [1.29, 1.82) is 0 Å². The van der Waals surface area contributed by atoms with Crippen LogP contribution < -0.4 is 10.9 Å². The van der Waals surface area contributed by atoms with Crippen molar-refractivity contribution >= 4 is 51.0 Å². The predicted molar refractivity (Wildman–Crippen MR) is 119 cm³/mol. The fourth-order valence-corrected chi connectivity index (χ4v) is 6.07. The third-order valence-electron chi connectivity index (χ3n) is 4.53. The molecule has 5 nitrogen and oxygen atoms in total. The van der Waals surface area contributed by atoms with Crippen LogP contribution in [0.1, 0.15) is 22.7 Å². The molecular weight excluding hydrogens is 410 g/mol. The summed E-state index contributed by atoms with van der Waals surface area (Å²) in [6.45, 7) is 0.640. The van der Waals surface area contributed by atoms with E-state index in [2.05, 4.69) is 27.4 Å². The van der Waals surface area contributed by atoms with Crippen LogP contribution >= 0.6 is 34.9 Å². The lowest BCUT2D eigenvalue weighted by molar-refractivity contribution is -0.118. The second-order valence-corrected chi connectivity index (χ2v) is 9.79. The second-order valence-electron chi connectivity index (χ2n) is 6.55. The first-order chi connectivity index (χ1) is 13.7. The first-order valence-electron chi connectivity index (χ1n) is 9.26. The Hall–Kier alpha value is -1.77. The zero-order chi connectivity index (χ0) is 19.3. The van der Waals surface area contributed by atoms with Gasteiger partial charge in [0.2, 0.25) is 5.91 Å². The van der Waals surface area contributed by atoms with Gasteiger partial charge in [0.15, 0.2) is 0 Å². The summed E-state index contributed by atoms with van der Waals surface area (Å²) in [4.78, 5) is 35.3. The highest BCUT2D eigenvalue weighted by molar-refractivity contribution is 7.99. The van der Waals surface area contributed by atoms with Crippen molar-refractivity contribution in [2.45, 2.75) is 29.9 Å². The van der Waals surface area contributed by atoms with E-state index < -0.39 is 0 Å². The highest BCUT2D eigenvalue weighted by Crippen LogP contribution is 2.34. The van der Waals surface area contributed by atoms with Crippen LogP contribution in [0.3, 0.4) is 0 Å². The van der Waals surface area contributed by atoms with Gasteiger partial charge in [0, 0.05) is 22.1 Å². The fraction of sp³-hybridized carbons (Fsp3) is 0.350. The zero-order valence-electron chi connectivity index (χ0n) is 15.3. The molecule has 2 heterocycles. The molecule has 0 radical (unpaired) electrons. The summed E-state index contributed by atoms with van der Waals surface area (Å²) in [6, 6.07) is 10.1. The van der Waals surface area contributed by atoms with Crippen molar-refractivity contribution in [3.63, 3.8) is 0 Å². The molecule has 0 atom stereocenters. The Labute approximate surface area is 175 Å². The number of thiophene rings is 1. The average molecular weight is 432 g/mol. The minimum atomic E-state index is -0.0395.